The third kappa shape index (κ3) is 5.92. The van der Waals surface area contributed by atoms with Crippen LogP contribution in [-0.4, -0.2) is 55.3 Å². The van der Waals surface area contributed by atoms with E-state index in [0.717, 1.165) is 12.8 Å². The van der Waals surface area contributed by atoms with Crippen LogP contribution in [0.4, 0.5) is 4.79 Å². The molecule has 1 aliphatic rings. The van der Waals surface area contributed by atoms with Crippen molar-refractivity contribution < 1.29 is 19.1 Å². The number of nitrogens with zero attached hydrogens (tertiary/aromatic N) is 1. The highest BCUT2D eigenvalue weighted by atomic mass is 16.6. The van der Waals surface area contributed by atoms with Gasteiger partial charge in [-0.2, -0.15) is 0 Å². The fraction of sp³-hybridized carbons (Fsp3) is 0.846. The number of hydrogen-bond donors (Lipinski definition) is 1. The van der Waals surface area contributed by atoms with Gasteiger partial charge in [0, 0.05) is 19.1 Å². The zero-order chi connectivity index (χ0) is 14.5. The SMILES string of the molecule is COC(=O)CN[C@H]1CCCN(C(=O)OC(C)(C)C)C1. The summed E-state index contributed by atoms with van der Waals surface area (Å²) in [5.41, 5.74) is -0.483. The monoisotopic (exact) mass is 272 g/mol. The quantitative estimate of drug-likeness (QED) is 0.781. The van der Waals surface area contributed by atoms with E-state index in [1.807, 2.05) is 20.8 Å². The Morgan fingerprint density at radius 3 is 2.63 bits per heavy atom. The molecule has 1 fully saturated rings. The topological polar surface area (TPSA) is 67.9 Å². The lowest BCUT2D eigenvalue weighted by Gasteiger charge is -2.34. The molecule has 0 aromatic carbocycles. The fourth-order valence-electron chi connectivity index (χ4n) is 1.94. The number of nitrogens with one attached hydrogen (secondary N) is 1. The van der Waals surface area contributed by atoms with Crippen molar-refractivity contribution in [2.75, 3.05) is 26.7 Å². The second kappa shape index (κ2) is 6.75. The van der Waals surface area contributed by atoms with Gasteiger partial charge in [0.05, 0.1) is 13.7 Å². The molecule has 110 valence electrons. The minimum atomic E-state index is -0.483. The standard InChI is InChI=1S/C13H24N2O4/c1-13(2,3)19-12(17)15-7-5-6-10(9-15)14-8-11(16)18-4/h10,14H,5-9H2,1-4H3/t10-/m0/s1. The van der Waals surface area contributed by atoms with Crippen LogP contribution in [0.25, 0.3) is 0 Å². The van der Waals surface area contributed by atoms with Crippen LogP contribution in [0.3, 0.4) is 0 Å². The van der Waals surface area contributed by atoms with Crippen LogP contribution < -0.4 is 5.32 Å². The number of carbonyl (C=O) groups excluding carboxylic acids is 2. The second-order valence-electron chi connectivity index (χ2n) is 5.72. The molecule has 1 N–H and O–H groups in total. The smallest absolute Gasteiger partial charge is 0.410 e. The molecule has 0 saturated carbocycles. The van der Waals surface area contributed by atoms with Gasteiger partial charge in [-0.05, 0) is 33.6 Å². The van der Waals surface area contributed by atoms with Crippen molar-refractivity contribution in [1.82, 2.24) is 10.2 Å². The number of amides is 1. The molecule has 0 aromatic heterocycles. The summed E-state index contributed by atoms with van der Waals surface area (Å²) in [6.45, 7) is 6.98. The third-order valence-corrected chi connectivity index (χ3v) is 2.84. The van der Waals surface area contributed by atoms with Gasteiger partial charge in [-0.25, -0.2) is 4.79 Å². The summed E-state index contributed by atoms with van der Waals surface area (Å²) in [5.74, 6) is -0.297. The van der Waals surface area contributed by atoms with Gasteiger partial charge in [0.15, 0.2) is 0 Å². The Hall–Kier alpha value is -1.30. The number of ether oxygens (including phenoxy) is 2. The van der Waals surface area contributed by atoms with E-state index >= 15 is 0 Å². The highest BCUT2D eigenvalue weighted by Crippen LogP contribution is 2.15. The summed E-state index contributed by atoms with van der Waals surface area (Å²) in [5, 5.41) is 3.10. The highest BCUT2D eigenvalue weighted by molar-refractivity contribution is 5.71. The number of piperidine rings is 1. The molecule has 1 atom stereocenters. The minimum absolute atomic E-state index is 0.111. The first-order valence-electron chi connectivity index (χ1n) is 6.60. The van der Waals surface area contributed by atoms with Crippen LogP contribution in [-0.2, 0) is 14.3 Å². The maximum Gasteiger partial charge on any atom is 0.410 e. The predicted molar refractivity (Wildman–Crippen MR) is 70.8 cm³/mol. The van der Waals surface area contributed by atoms with Crippen LogP contribution in [0.1, 0.15) is 33.6 Å². The summed E-state index contributed by atoms with van der Waals surface area (Å²) in [4.78, 5) is 24.7. The van der Waals surface area contributed by atoms with Crippen LogP contribution in [0, 0.1) is 0 Å². The van der Waals surface area contributed by atoms with E-state index in [1.54, 1.807) is 4.90 Å². The van der Waals surface area contributed by atoms with Crippen molar-refractivity contribution in [3.63, 3.8) is 0 Å². The Bertz CT molecular complexity index is 325. The molecule has 0 aliphatic carbocycles. The lowest BCUT2D eigenvalue weighted by Crippen LogP contribution is -2.50. The fourth-order valence-corrected chi connectivity index (χ4v) is 1.94. The maximum absolute atomic E-state index is 11.9. The lowest BCUT2D eigenvalue weighted by atomic mass is 10.1. The normalized spacial score (nSPS) is 20.0. The molecule has 0 bridgehead atoms. The largest absolute Gasteiger partial charge is 0.468 e. The molecule has 0 unspecified atom stereocenters. The van der Waals surface area contributed by atoms with Crippen molar-refractivity contribution in [3.05, 3.63) is 0 Å². The van der Waals surface area contributed by atoms with Crippen molar-refractivity contribution in [2.45, 2.75) is 45.3 Å². The van der Waals surface area contributed by atoms with E-state index in [-0.39, 0.29) is 24.6 Å². The van der Waals surface area contributed by atoms with Crippen molar-refractivity contribution in [1.29, 1.82) is 0 Å². The van der Waals surface area contributed by atoms with Crippen molar-refractivity contribution >= 4 is 12.1 Å². The van der Waals surface area contributed by atoms with Crippen molar-refractivity contribution in [3.8, 4) is 0 Å². The Balaban J connectivity index is 2.41. The van der Waals surface area contributed by atoms with E-state index in [9.17, 15) is 9.59 Å². The highest BCUT2D eigenvalue weighted by Gasteiger charge is 2.27. The maximum atomic E-state index is 11.9. The zero-order valence-electron chi connectivity index (χ0n) is 12.2. The van der Waals surface area contributed by atoms with Gasteiger partial charge in [-0.3, -0.25) is 4.79 Å². The third-order valence-electron chi connectivity index (χ3n) is 2.84. The summed E-state index contributed by atoms with van der Waals surface area (Å²) in [6, 6.07) is 0.111. The Morgan fingerprint density at radius 1 is 1.37 bits per heavy atom. The molecule has 1 saturated heterocycles. The molecule has 6 heteroatoms. The number of hydrogen-bond acceptors (Lipinski definition) is 5. The van der Waals surface area contributed by atoms with Gasteiger partial charge in [-0.15, -0.1) is 0 Å². The number of esters is 1. The number of rotatable bonds is 3. The van der Waals surface area contributed by atoms with E-state index in [1.165, 1.54) is 7.11 Å². The van der Waals surface area contributed by atoms with E-state index in [4.69, 9.17) is 4.74 Å². The van der Waals surface area contributed by atoms with Gasteiger partial charge in [0.1, 0.15) is 5.60 Å². The average Bonchev–Trinajstić information content (AvgIpc) is 2.34. The molecule has 1 rings (SSSR count). The van der Waals surface area contributed by atoms with E-state index in [0.29, 0.717) is 13.1 Å². The molecule has 0 aromatic rings. The van der Waals surface area contributed by atoms with Crippen LogP contribution in [0.2, 0.25) is 0 Å². The average molecular weight is 272 g/mol. The van der Waals surface area contributed by atoms with Crippen LogP contribution >= 0.6 is 0 Å². The number of carbonyl (C=O) groups is 2. The van der Waals surface area contributed by atoms with Crippen LogP contribution in [0.15, 0.2) is 0 Å². The number of methoxy groups -OCH3 is 1. The molecule has 6 nitrogen and oxygen atoms in total. The van der Waals surface area contributed by atoms with E-state index < -0.39 is 5.60 Å². The van der Waals surface area contributed by atoms with Crippen molar-refractivity contribution in [2.24, 2.45) is 0 Å². The predicted octanol–water partition coefficient (Wildman–Crippen LogP) is 1.15. The molecule has 1 amide bonds. The van der Waals surface area contributed by atoms with Gasteiger partial charge in [0.25, 0.3) is 0 Å². The summed E-state index contributed by atoms with van der Waals surface area (Å²) >= 11 is 0. The van der Waals surface area contributed by atoms with Gasteiger partial charge in [0.2, 0.25) is 0 Å². The molecule has 1 heterocycles. The molecular formula is C13H24N2O4. The number of likely N-dealkylation sites (tertiary alicyclic amines) is 1. The Morgan fingerprint density at radius 2 is 2.05 bits per heavy atom. The molecule has 0 radical (unpaired) electrons. The van der Waals surface area contributed by atoms with Gasteiger partial charge < -0.3 is 19.7 Å². The zero-order valence-corrected chi connectivity index (χ0v) is 12.2. The first-order chi connectivity index (χ1) is 8.81. The minimum Gasteiger partial charge on any atom is -0.468 e. The first kappa shape index (κ1) is 15.8. The summed E-state index contributed by atoms with van der Waals surface area (Å²) in [7, 11) is 1.36. The molecular weight excluding hydrogens is 248 g/mol. The lowest BCUT2D eigenvalue weighted by molar-refractivity contribution is -0.139. The first-order valence-corrected chi connectivity index (χ1v) is 6.60. The van der Waals surface area contributed by atoms with Crippen LogP contribution in [0.5, 0.6) is 0 Å². The van der Waals surface area contributed by atoms with Gasteiger partial charge >= 0.3 is 12.1 Å². The van der Waals surface area contributed by atoms with E-state index in [2.05, 4.69) is 10.1 Å². The molecule has 0 spiro atoms. The Kier molecular flexibility index (Phi) is 5.60. The molecule has 19 heavy (non-hydrogen) atoms. The second-order valence-corrected chi connectivity index (χ2v) is 5.72. The van der Waals surface area contributed by atoms with Gasteiger partial charge in [-0.1, -0.05) is 0 Å². The Labute approximate surface area is 114 Å². The molecule has 1 aliphatic heterocycles. The summed E-state index contributed by atoms with van der Waals surface area (Å²) in [6.07, 6.45) is 1.55. The summed E-state index contributed by atoms with van der Waals surface area (Å²) < 4.78 is 9.91.